The molecule has 0 saturated heterocycles. The Kier molecular flexibility index (Phi) is 1.35. The Balaban J connectivity index is 2.52. The topological polar surface area (TPSA) is 26.0 Å². The summed E-state index contributed by atoms with van der Waals surface area (Å²) < 4.78 is 0. The molecule has 1 fully saturated rings. The van der Waals surface area contributed by atoms with Crippen LogP contribution in [0.1, 0.15) is 27.7 Å². The third kappa shape index (κ3) is 0.877. The standard InChI is InChI=1S/C8H17N/c1-5(2)7-6(3)8(7,4)9/h5-7H,9H2,1-4H3/t6-,7-,8-/m0/s1. The molecular formula is C8H17N. The molecule has 0 spiro atoms. The van der Waals surface area contributed by atoms with Gasteiger partial charge in [0, 0.05) is 5.54 Å². The first-order chi connectivity index (χ1) is 3.98. The molecule has 9 heavy (non-hydrogen) atoms. The van der Waals surface area contributed by atoms with Gasteiger partial charge >= 0.3 is 0 Å². The van der Waals surface area contributed by atoms with E-state index >= 15 is 0 Å². The number of nitrogens with two attached hydrogens (primary N) is 1. The molecule has 0 aliphatic heterocycles. The summed E-state index contributed by atoms with van der Waals surface area (Å²) in [4.78, 5) is 0. The van der Waals surface area contributed by atoms with Crippen molar-refractivity contribution < 1.29 is 0 Å². The van der Waals surface area contributed by atoms with Gasteiger partial charge < -0.3 is 5.73 Å². The number of rotatable bonds is 1. The second-order valence-corrected chi connectivity index (χ2v) is 3.92. The lowest BCUT2D eigenvalue weighted by Gasteiger charge is -2.04. The molecule has 0 amide bonds. The lowest BCUT2D eigenvalue weighted by atomic mass is 10.1. The first-order valence-corrected chi connectivity index (χ1v) is 3.76. The van der Waals surface area contributed by atoms with Crippen LogP contribution in [-0.4, -0.2) is 5.54 Å². The van der Waals surface area contributed by atoms with Crippen LogP contribution in [-0.2, 0) is 0 Å². The third-order valence-corrected chi connectivity index (χ3v) is 2.85. The van der Waals surface area contributed by atoms with Gasteiger partial charge in [-0.2, -0.15) is 0 Å². The highest BCUT2D eigenvalue weighted by molar-refractivity contribution is 5.11. The minimum absolute atomic E-state index is 0.147. The minimum Gasteiger partial charge on any atom is -0.325 e. The van der Waals surface area contributed by atoms with E-state index in [9.17, 15) is 0 Å². The summed E-state index contributed by atoms with van der Waals surface area (Å²) >= 11 is 0. The quantitative estimate of drug-likeness (QED) is 0.569. The fraction of sp³-hybridized carbons (Fsp3) is 1.00. The minimum atomic E-state index is 0.147. The maximum atomic E-state index is 5.95. The summed E-state index contributed by atoms with van der Waals surface area (Å²) in [5.41, 5.74) is 6.10. The second kappa shape index (κ2) is 1.72. The van der Waals surface area contributed by atoms with Crippen molar-refractivity contribution in [1.29, 1.82) is 0 Å². The molecule has 0 aromatic rings. The molecule has 1 aliphatic carbocycles. The van der Waals surface area contributed by atoms with Crippen molar-refractivity contribution >= 4 is 0 Å². The van der Waals surface area contributed by atoms with Crippen molar-refractivity contribution in [1.82, 2.24) is 0 Å². The first-order valence-electron chi connectivity index (χ1n) is 3.76. The van der Waals surface area contributed by atoms with Gasteiger partial charge in [0.2, 0.25) is 0 Å². The summed E-state index contributed by atoms with van der Waals surface area (Å²) in [5.74, 6) is 2.25. The molecular weight excluding hydrogens is 110 g/mol. The van der Waals surface area contributed by atoms with E-state index in [2.05, 4.69) is 27.7 Å². The molecule has 0 radical (unpaired) electrons. The summed E-state index contributed by atoms with van der Waals surface area (Å²) in [6.45, 7) is 8.89. The van der Waals surface area contributed by atoms with Crippen LogP contribution in [0.5, 0.6) is 0 Å². The van der Waals surface area contributed by atoms with Crippen molar-refractivity contribution in [2.75, 3.05) is 0 Å². The van der Waals surface area contributed by atoms with Gasteiger partial charge in [-0.25, -0.2) is 0 Å². The Bertz CT molecular complexity index is 116. The van der Waals surface area contributed by atoms with Gasteiger partial charge in [-0.15, -0.1) is 0 Å². The summed E-state index contributed by atoms with van der Waals surface area (Å²) in [5, 5.41) is 0. The molecule has 0 aromatic carbocycles. The van der Waals surface area contributed by atoms with Crippen LogP contribution in [0.4, 0.5) is 0 Å². The molecule has 0 unspecified atom stereocenters. The maximum absolute atomic E-state index is 5.95. The SMILES string of the molecule is CC(C)[C@H]1[C@H](C)[C@]1(C)N. The monoisotopic (exact) mass is 127 g/mol. The molecule has 1 heteroatoms. The van der Waals surface area contributed by atoms with E-state index in [0.29, 0.717) is 0 Å². The Morgan fingerprint density at radius 3 is 1.78 bits per heavy atom. The zero-order chi connectivity index (χ0) is 7.23. The molecule has 1 aliphatic rings. The highest BCUT2D eigenvalue weighted by Crippen LogP contribution is 2.51. The van der Waals surface area contributed by atoms with Gasteiger partial charge in [0.05, 0.1) is 0 Å². The van der Waals surface area contributed by atoms with Gasteiger partial charge in [0.1, 0.15) is 0 Å². The molecule has 0 heterocycles. The van der Waals surface area contributed by atoms with Crippen LogP contribution in [0.25, 0.3) is 0 Å². The van der Waals surface area contributed by atoms with Gasteiger partial charge in [-0.05, 0) is 24.7 Å². The smallest absolute Gasteiger partial charge is 0.0189 e. The fourth-order valence-electron chi connectivity index (χ4n) is 2.09. The third-order valence-electron chi connectivity index (χ3n) is 2.85. The van der Waals surface area contributed by atoms with E-state index in [-0.39, 0.29) is 5.54 Å². The Labute approximate surface area is 57.6 Å². The molecule has 2 N–H and O–H groups in total. The van der Waals surface area contributed by atoms with E-state index in [4.69, 9.17) is 5.73 Å². The van der Waals surface area contributed by atoms with Crippen LogP contribution < -0.4 is 5.73 Å². The highest BCUT2D eigenvalue weighted by atomic mass is 14.9. The first kappa shape index (κ1) is 7.07. The van der Waals surface area contributed by atoms with Crippen molar-refractivity contribution in [3.8, 4) is 0 Å². The van der Waals surface area contributed by atoms with E-state index < -0.39 is 0 Å². The van der Waals surface area contributed by atoms with E-state index in [1.54, 1.807) is 0 Å². The van der Waals surface area contributed by atoms with E-state index in [1.165, 1.54) is 0 Å². The van der Waals surface area contributed by atoms with Gasteiger partial charge in [0.25, 0.3) is 0 Å². The lowest BCUT2D eigenvalue weighted by Crippen LogP contribution is -2.22. The molecule has 1 nitrogen and oxygen atoms in total. The van der Waals surface area contributed by atoms with Gasteiger partial charge in [-0.3, -0.25) is 0 Å². The van der Waals surface area contributed by atoms with E-state index in [1.807, 2.05) is 0 Å². The van der Waals surface area contributed by atoms with Crippen LogP contribution >= 0.6 is 0 Å². The fourth-order valence-corrected chi connectivity index (χ4v) is 2.09. The highest BCUT2D eigenvalue weighted by Gasteiger charge is 2.56. The lowest BCUT2D eigenvalue weighted by molar-refractivity contribution is 0.492. The molecule has 54 valence electrons. The molecule has 1 saturated carbocycles. The van der Waals surface area contributed by atoms with Crippen molar-refractivity contribution in [2.24, 2.45) is 23.5 Å². The largest absolute Gasteiger partial charge is 0.325 e. The molecule has 0 bridgehead atoms. The second-order valence-electron chi connectivity index (χ2n) is 3.92. The summed E-state index contributed by atoms with van der Waals surface area (Å²) in [7, 11) is 0. The van der Waals surface area contributed by atoms with Crippen molar-refractivity contribution in [2.45, 2.75) is 33.2 Å². The van der Waals surface area contributed by atoms with Crippen molar-refractivity contribution in [3.05, 3.63) is 0 Å². The summed E-state index contributed by atoms with van der Waals surface area (Å²) in [6, 6.07) is 0. The van der Waals surface area contributed by atoms with Crippen LogP contribution in [0.15, 0.2) is 0 Å². The normalized spacial score (nSPS) is 50.0. The predicted octanol–water partition coefficient (Wildman–Crippen LogP) is 1.63. The molecule has 3 atom stereocenters. The zero-order valence-corrected chi connectivity index (χ0v) is 6.81. The van der Waals surface area contributed by atoms with Crippen LogP contribution in [0, 0.1) is 17.8 Å². The average molecular weight is 127 g/mol. The number of hydrogen-bond acceptors (Lipinski definition) is 1. The Morgan fingerprint density at radius 1 is 1.44 bits per heavy atom. The Morgan fingerprint density at radius 2 is 1.78 bits per heavy atom. The van der Waals surface area contributed by atoms with Gasteiger partial charge in [-0.1, -0.05) is 20.8 Å². The predicted molar refractivity (Wildman–Crippen MR) is 40.1 cm³/mol. The van der Waals surface area contributed by atoms with E-state index in [0.717, 1.165) is 17.8 Å². The maximum Gasteiger partial charge on any atom is 0.0189 e. The van der Waals surface area contributed by atoms with Crippen molar-refractivity contribution in [3.63, 3.8) is 0 Å². The van der Waals surface area contributed by atoms with Gasteiger partial charge in [0.15, 0.2) is 0 Å². The summed E-state index contributed by atoms with van der Waals surface area (Å²) in [6.07, 6.45) is 0. The zero-order valence-electron chi connectivity index (χ0n) is 6.81. The van der Waals surface area contributed by atoms with Crippen LogP contribution in [0.2, 0.25) is 0 Å². The molecule has 0 aromatic heterocycles. The Hall–Kier alpha value is -0.0400. The average Bonchev–Trinajstić information content (AvgIpc) is 2.07. The van der Waals surface area contributed by atoms with Crippen LogP contribution in [0.3, 0.4) is 0 Å². The number of hydrogen-bond donors (Lipinski definition) is 1. The molecule has 1 rings (SSSR count).